The number of rotatable bonds is 6. The number of carboxylic acids is 1. The van der Waals surface area contributed by atoms with Gasteiger partial charge >= 0.3 is 5.97 Å². The Labute approximate surface area is 153 Å². The van der Waals surface area contributed by atoms with Crippen LogP contribution >= 0.6 is 34.5 Å². The smallest absolute Gasteiger partial charge is 0.306 e. The van der Waals surface area contributed by atoms with Gasteiger partial charge in [-0.3, -0.25) is 9.59 Å². The summed E-state index contributed by atoms with van der Waals surface area (Å²) in [5.74, 6) is -1.40. The molecule has 2 aromatic rings. The zero-order chi connectivity index (χ0) is 17.9. The van der Waals surface area contributed by atoms with Crippen molar-refractivity contribution in [3.8, 4) is 0 Å². The van der Waals surface area contributed by atoms with Crippen LogP contribution in [0.3, 0.4) is 0 Å². The van der Waals surface area contributed by atoms with Crippen molar-refractivity contribution in [3.63, 3.8) is 0 Å². The van der Waals surface area contributed by atoms with Gasteiger partial charge in [0.1, 0.15) is 0 Å². The molecule has 1 unspecified atom stereocenters. The number of benzene rings is 1. The molecule has 5 nitrogen and oxygen atoms in total. The third-order valence-corrected chi connectivity index (χ3v) is 4.99. The summed E-state index contributed by atoms with van der Waals surface area (Å²) in [6.07, 6.45) is -0.324. The second-order valence-electron chi connectivity index (χ2n) is 5.58. The summed E-state index contributed by atoms with van der Waals surface area (Å²) >= 11 is 13.6. The molecule has 1 heterocycles. The molecule has 0 fully saturated rings. The van der Waals surface area contributed by atoms with Crippen LogP contribution in [0.4, 0.5) is 0 Å². The number of aliphatic carboxylic acids is 1. The van der Waals surface area contributed by atoms with Crippen molar-refractivity contribution < 1.29 is 14.7 Å². The second kappa shape index (κ2) is 7.51. The molecule has 0 saturated heterocycles. The van der Waals surface area contributed by atoms with Crippen LogP contribution in [0.15, 0.2) is 23.6 Å². The molecule has 2 N–H and O–H groups in total. The Balaban J connectivity index is 2.23. The summed E-state index contributed by atoms with van der Waals surface area (Å²) in [5, 5.41) is 15.3. The number of hydrogen-bond donors (Lipinski definition) is 2. The molecule has 1 amide bonds. The second-order valence-corrected chi connectivity index (χ2v) is 7.46. The average Bonchev–Trinajstić information content (AvgIpc) is 2.89. The first-order valence-electron chi connectivity index (χ1n) is 7.09. The van der Waals surface area contributed by atoms with E-state index in [1.165, 1.54) is 11.3 Å². The number of carboxylic acid groups (broad SMARTS) is 1. The maximum Gasteiger partial charge on any atom is 0.306 e. The van der Waals surface area contributed by atoms with E-state index in [9.17, 15) is 14.7 Å². The predicted molar refractivity (Wildman–Crippen MR) is 94.8 cm³/mol. The summed E-state index contributed by atoms with van der Waals surface area (Å²) in [6, 6.07) is 4.99. The molecule has 2 rings (SSSR count). The van der Waals surface area contributed by atoms with E-state index >= 15 is 0 Å². The van der Waals surface area contributed by atoms with Crippen LogP contribution in [-0.2, 0) is 21.5 Å². The highest BCUT2D eigenvalue weighted by molar-refractivity contribution is 7.09. The molecule has 1 aromatic carbocycles. The molecule has 128 valence electrons. The van der Waals surface area contributed by atoms with Crippen molar-refractivity contribution in [2.45, 2.75) is 32.2 Å². The van der Waals surface area contributed by atoms with Crippen molar-refractivity contribution in [3.05, 3.63) is 49.9 Å². The topological polar surface area (TPSA) is 79.3 Å². The van der Waals surface area contributed by atoms with Crippen molar-refractivity contribution in [1.29, 1.82) is 0 Å². The highest BCUT2D eigenvalue weighted by Crippen LogP contribution is 2.28. The summed E-state index contributed by atoms with van der Waals surface area (Å²) < 4.78 is 0. The Hall–Kier alpha value is -1.63. The Morgan fingerprint density at radius 1 is 1.33 bits per heavy atom. The van der Waals surface area contributed by atoms with Gasteiger partial charge in [-0.05, 0) is 31.5 Å². The van der Waals surface area contributed by atoms with Gasteiger partial charge in [0, 0.05) is 15.4 Å². The molecule has 0 radical (unpaired) electrons. The van der Waals surface area contributed by atoms with E-state index in [2.05, 4.69) is 10.3 Å². The van der Waals surface area contributed by atoms with Gasteiger partial charge in [0.15, 0.2) is 0 Å². The fraction of sp³-hybridized carbons (Fsp3) is 0.312. The van der Waals surface area contributed by atoms with Crippen LogP contribution in [-0.4, -0.2) is 22.0 Å². The van der Waals surface area contributed by atoms with Gasteiger partial charge in [0.05, 0.1) is 29.1 Å². The summed E-state index contributed by atoms with van der Waals surface area (Å²) in [4.78, 5) is 28.0. The largest absolute Gasteiger partial charge is 0.481 e. The number of nitrogens with one attached hydrogen (secondary N) is 1. The lowest BCUT2D eigenvalue weighted by molar-refractivity contribution is -0.139. The first-order chi connectivity index (χ1) is 11.2. The van der Waals surface area contributed by atoms with E-state index in [1.807, 2.05) is 6.92 Å². The van der Waals surface area contributed by atoms with Gasteiger partial charge in [0.25, 0.3) is 0 Å². The average molecular weight is 387 g/mol. The summed E-state index contributed by atoms with van der Waals surface area (Å²) in [6.45, 7) is 3.46. The fourth-order valence-electron chi connectivity index (χ4n) is 2.33. The van der Waals surface area contributed by atoms with Gasteiger partial charge in [0.2, 0.25) is 5.91 Å². The molecule has 24 heavy (non-hydrogen) atoms. The molecule has 0 spiro atoms. The monoisotopic (exact) mass is 386 g/mol. The number of thiazole rings is 1. The van der Waals surface area contributed by atoms with Crippen LogP contribution in [0.1, 0.15) is 29.6 Å². The Kier molecular flexibility index (Phi) is 5.85. The number of halogens is 2. The van der Waals surface area contributed by atoms with Crippen molar-refractivity contribution >= 4 is 46.4 Å². The molecule has 0 aliphatic heterocycles. The van der Waals surface area contributed by atoms with Crippen LogP contribution in [0.25, 0.3) is 0 Å². The highest BCUT2D eigenvalue weighted by Gasteiger charge is 2.34. The van der Waals surface area contributed by atoms with E-state index < -0.39 is 11.5 Å². The molecule has 8 heteroatoms. The van der Waals surface area contributed by atoms with E-state index in [4.69, 9.17) is 23.2 Å². The normalized spacial score (nSPS) is 13.3. The molecule has 0 saturated carbocycles. The van der Waals surface area contributed by atoms with Crippen LogP contribution < -0.4 is 5.32 Å². The first kappa shape index (κ1) is 18.7. The third-order valence-electron chi connectivity index (χ3n) is 3.50. The van der Waals surface area contributed by atoms with Crippen molar-refractivity contribution in [2.75, 3.05) is 0 Å². The van der Waals surface area contributed by atoms with E-state index in [0.717, 1.165) is 5.01 Å². The lowest BCUT2D eigenvalue weighted by atomic mass is 9.93. The maximum atomic E-state index is 12.4. The lowest BCUT2D eigenvalue weighted by Gasteiger charge is -2.28. The SMILES string of the molecule is Cc1nc(C(C)(CC(=O)O)NC(=O)Cc2c(Cl)cccc2Cl)cs1. The van der Waals surface area contributed by atoms with Gasteiger partial charge in [-0.15, -0.1) is 11.3 Å². The molecule has 1 atom stereocenters. The molecule has 0 aliphatic carbocycles. The number of carbonyl (C=O) groups is 2. The minimum Gasteiger partial charge on any atom is -0.481 e. The summed E-state index contributed by atoms with van der Waals surface area (Å²) in [7, 11) is 0. The third kappa shape index (κ3) is 4.47. The minimum absolute atomic E-state index is 0.0448. The predicted octanol–water partition coefficient (Wildman–Crippen LogP) is 3.81. The number of nitrogens with zero attached hydrogens (tertiary/aromatic N) is 1. The highest BCUT2D eigenvalue weighted by atomic mass is 35.5. The minimum atomic E-state index is -1.11. The molecule has 0 bridgehead atoms. The molecule has 1 aromatic heterocycles. The fourth-order valence-corrected chi connectivity index (χ4v) is 3.61. The summed E-state index contributed by atoms with van der Waals surface area (Å²) in [5.41, 5.74) is -0.0852. The first-order valence-corrected chi connectivity index (χ1v) is 8.73. The number of aromatic nitrogens is 1. The standard InChI is InChI=1S/C16H16Cl2N2O3S/c1-9-19-13(8-24-9)16(2,7-15(22)23)20-14(21)6-10-11(17)4-3-5-12(10)18/h3-5,8H,6-7H2,1-2H3,(H,20,21)(H,22,23). The van der Waals surface area contributed by atoms with Gasteiger partial charge < -0.3 is 10.4 Å². The zero-order valence-electron chi connectivity index (χ0n) is 13.1. The Bertz CT molecular complexity index is 758. The number of amides is 1. The molecular weight excluding hydrogens is 371 g/mol. The van der Waals surface area contributed by atoms with Crippen molar-refractivity contribution in [2.24, 2.45) is 0 Å². The van der Waals surface area contributed by atoms with E-state index in [0.29, 0.717) is 21.3 Å². The van der Waals surface area contributed by atoms with Gasteiger partial charge in [-0.1, -0.05) is 29.3 Å². The van der Waals surface area contributed by atoms with Gasteiger partial charge in [-0.25, -0.2) is 4.98 Å². The van der Waals surface area contributed by atoms with Gasteiger partial charge in [-0.2, -0.15) is 0 Å². The Morgan fingerprint density at radius 3 is 2.46 bits per heavy atom. The maximum absolute atomic E-state index is 12.4. The zero-order valence-corrected chi connectivity index (χ0v) is 15.4. The van der Waals surface area contributed by atoms with E-state index in [-0.39, 0.29) is 18.7 Å². The number of carbonyl (C=O) groups excluding carboxylic acids is 1. The molecular formula is C16H16Cl2N2O3S. The number of hydrogen-bond acceptors (Lipinski definition) is 4. The number of aryl methyl sites for hydroxylation is 1. The van der Waals surface area contributed by atoms with Crippen LogP contribution in [0.2, 0.25) is 10.0 Å². The van der Waals surface area contributed by atoms with Crippen LogP contribution in [0.5, 0.6) is 0 Å². The molecule has 0 aliphatic rings. The van der Waals surface area contributed by atoms with Crippen molar-refractivity contribution in [1.82, 2.24) is 10.3 Å². The van der Waals surface area contributed by atoms with E-state index in [1.54, 1.807) is 30.5 Å². The lowest BCUT2D eigenvalue weighted by Crippen LogP contribution is -2.46. The van der Waals surface area contributed by atoms with Crippen LogP contribution in [0, 0.1) is 6.92 Å². The Morgan fingerprint density at radius 2 is 1.96 bits per heavy atom. The quantitative estimate of drug-likeness (QED) is 0.790.